The van der Waals surface area contributed by atoms with E-state index in [-0.39, 0.29) is 5.54 Å². The molecule has 0 fully saturated rings. The van der Waals surface area contributed by atoms with Gasteiger partial charge in [0.25, 0.3) is 0 Å². The molecule has 110 valence electrons. The summed E-state index contributed by atoms with van der Waals surface area (Å²) in [5, 5.41) is 0. The van der Waals surface area contributed by atoms with Crippen LogP contribution in [-0.4, -0.2) is 42.1 Å². The van der Waals surface area contributed by atoms with E-state index in [0.717, 1.165) is 18.9 Å². The van der Waals surface area contributed by atoms with Crippen molar-refractivity contribution in [3.8, 4) is 0 Å². The first-order chi connectivity index (χ1) is 8.47. The van der Waals surface area contributed by atoms with Crippen molar-refractivity contribution in [2.45, 2.75) is 65.0 Å². The van der Waals surface area contributed by atoms with Gasteiger partial charge in [-0.3, -0.25) is 4.90 Å². The van der Waals surface area contributed by atoms with E-state index in [1.165, 1.54) is 25.0 Å². The summed E-state index contributed by atoms with van der Waals surface area (Å²) < 4.78 is 0. The molecule has 0 heterocycles. The lowest BCUT2D eigenvalue weighted by Crippen LogP contribution is -2.55. The van der Waals surface area contributed by atoms with Gasteiger partial charge in [-0.05, 0) is 51.2 Å². The highest BCUT2D eigenvalue weighted by Gasteiger charge is 2.34. The quantitative estimate of drug-likeness (QED) is 0.660. The van der Waals surface area contributed by atoms with Crippen LogP contribution < -0.4 is 5.73 Å². The van der Waals surface area contributed by atoms with Crippen molar-refractivity contribution in [1.82, 2.24) is 4.90 Å². The zero-order chi connectivity index (χ0) is 14.2. The van der Waals surface area contributed by atoms with Crippen molar-refractivity contribution in [3.05, 3.63) is 0 Å². The van der Waals surface area contributed by atoms with Gasteiger partial charge < -0.3 is 5.73 Å². The fourth-order valence-electron chi connectivity index (χ4n) is 2.65. The summed E-state index contributed by atoms with van der Waals surface area (Å²) in [6, 6.07) is 0.616. The summed E-state index contributed by atoms with van der Waals surface area (Å²) in [5.41, 5.74) is 6.33. The Bertz CT molecular complexity index is 205. The van der Waals surface area contributed by atoms with E-state index in [1.54, 1.807) is 0 Å². The lowest BCUT2D eigenvalue weighted by atomic mass is 9.82. The van der Waals surface area contributed by atoms with E-state index in [9.17, 15) is 0 Å². The van der Waals surface area contributed by atoms with Crippen LogP contribution in [0.3, 0.4) is 0 Å². The average Bonchev–Trinajstić information content (AvgIpc) is 2.41. The van der Waals surface area contributed by atoms with E-state index in [1.807, 2.05) is 11.8 Å². The number of hydrogen-bond donors (Lipinski definition) is 1. The molecular weight excluding hydrogens is 240 g/mol. The van der Waals surface area contributed by atoms with Gasteiger partial charge in [0.15, 0.2) is 0 Å². The van der Waals surface area contributed by atoms with Crippen LogP contribution in [0.1, 0.15) is 53.4 Å². The zero-order valence-electron chi connectivity index (χ0n) is 13.3. The van der Waals surface area contributed by atoms with Gasteiger partial charge in [-0.15, -0.1) is 0 Å². The summed E-state index contributed by atoms with van der Waals surface area (Å²) in [5.74, 6) is 1.99. The molecule has 3 atom stereocenters. The Morgan fingerprint density at radius 1 is 1.28 bits per heavy atom. The first-order valence-electron chi connectivity index (χ1n) is 7.39. The Hall–Kier alpha value is 0.270. The third-order valence-corrected chi connectivity index (χ3v) is 5.26. The fourth-order valence-corrected chi connectivity index (χ4v) is 3.23. The Morgan fingerprint density at radius 2 is 1.89 bits per heavy atom. The van der Waals surface area contributed by atoms with Crippen molar-refractivity contribution in [2.75, 3.05) is 25.6 Å². The standard InChI is InChI=1S/C15H34N2S/c1-7-13(3)11-15(8-2,12-16)17(5)14(4)9-10-18-6/h13-14H,7-12,16H2,1-6H3. The molecule has 0 aliphatic rings. The first kappa shape index (κ1) is 18.3. The highest BCUT2D eigenvalue weighted by atomic mass is 32.2. The lowest BCUT2D eigenvalue weighted by Gasteiger charge is -2.45. The van der Waals surface area contributed by atoms with Crippen LogP contribution >= 0.6 is 11.8 Å². The maximum Gasteiger partial charge on any atom is 0.0331 e. The number of likely N-dealkylation sites (N-methyl/N-ethyl adjacent to an activating group) is 1. The number of thioether (sulfide) groups is 1. The third-order valence-electron chi connectivity index (χ3n) is 4.61. The highest BCUT2D eigenvalue weighted by Crippen LogP contribution is 2.29. The Morgan fingerprint density at radius 3 is 2.28 bits per heavy atom. The molecule has 0 spiro atoms. The lowest BCUT2D eigenvalue weighted by molar-refractivity contribution is 0.0569. The maximum atomic E-state index is 6.14. The normalized spacial score (nSPS) is 18.7. The van der Waals surface area contributed by atoms with E-state index < -0.39 is 0 Å². The number of nitrogens with zero attached hydrogens (tertiary/aromatic N) is 1. The van der Waals surface area contributed by atoms with Crippen molar-refractivity contribution in [2.24, 2.45) is 11.7 Å². The van der Waals surface area contributed by atoms with Gasteiger partial charge in [0, 0.05) is 18.1 Å². The summed E-state index contributed by atoms with van der Waals surface area (Å²) in [4.78, 5) is 2.55. The van der Waals surface area contributed by atoms with Crippen LogP contribution in [0, 0.1) is 5.92 Å². The van der Waals surface area contributed by atoms with E-state index >= 15 is 0 Å². The second kappa shape index (κ2) is 9.22. The van der Waals surface area contributed by atoms with Gasteiger partial charge in [0.2, 0.25) is 0 Å². The molecule has 18 heavy (non-hydrogen) atoms. The molecule has 0 aliphatic carbocycles. The number of rotatable bonds is 10. The van der Waals surface area contributed by atoms with Gasteiger partial charge in [0.05, 0.1) is 0 Å². The number of nitrogens with two attached hydrogens (primary N) is 1. The molecule has 0 rings (SSSR count). The molecule has 0 aromatic carbocycles. The van der Waals surface area contributed by atoms with Gasteiger partial charge in [-0.25, -0.2) is 0 Å². The van der Waals surface area contributed by atoms with Gasteiger partial charge in [-0.1, -0.05) is 27.2 Å². The van der Waals surface area contributed by atoms with Crippen molar-refractivity contribution in [1.29, 1.82) is 0 Å². The van der Waals surface area contributed by atoms with E-state index in [4.69, 9.17) is 5.73 Å². The van der Waals surface area contributed by atoms with E-state index in [2.05, 4.69) is 45.9 Å². The highest BCUT2D eigenvalue weighted by molar-refractivity contribution is 7.98. The summed E-state index contributed by atoms with van der Waals surface area (Å²) in [6.45, 7) is 10.0. The molecule has 0 bridgehead atoms. The smallest absolute Gasteiger partial charge is 0.0331 e. The second-order valence-corrected chi connectivity index (χ2v) is 6.73. The van der Waals surface area contributed by atoms with Crippen LogP contribution in [0.15, 0.2) is 0 Å². The van der Waals surface area contributed by atoms with E-state index in [0.29, 0.717) is 6.04 Å². The van der Waals surface area contributed by atoms with Crippen LogP contribution in [0.2, 0.25) is 0 Å². The predicted molar refractivity (Wildman–Crippen MR) is 86.4 cm³/mol. The molecule has 3 heteroatoms. The SMILES string of the molecule is CCC(C)CC(CC)(CN)N(C)C(C)CCSC. The third kappa shape index (κ3) is 5.10. The van der Waals surface area contributed by atoms with Crippen LogP contribution in [0.5, 0.6) is 0 Å². The predicted octanol–water partition coefficient (Wildman–Crippen LogP) is 3.60. The van der Waals surface area contributed by atoms with Crippen LogP contribution in [-0.2, 0) is 0 Å². The second-order valence-electron chi connectivity index (χ2n) is 5.74. The summed E-state index contributed by atoms with van der Waals surface area (Å²) in [7, 11) is 2.27. The molecule has 0 amide bonds. The van der Waals surface area contributed by atoms with Crippen molar-refractivity contribution < 1.29 is 0 Å². The maximum absolute atomic E-state index is 6.14. The van der Waals surface area contributed by atoms with Crippen molar-refractivity contribution in [3.63, 3.8) is 0 Å². The molecule has 0 radical (unpaired) electrons. The zero-order valence-corrected chi connectivity index (χ0v) is 14.1. The van der Waals surface area contributed by atoms with Crippen LogP contribution in [0.4, 0.5) is 0 Å². The summed E-state index contributed by atoms with van der Waals surface area (Å²) >= 11 is 1.93. The molecule has 0 aliphatic heterocycles. The molecule has 3 unspecified atom stereocenters. The topological polar surface area (TPSA) is 29.3 Å². The molecule has 0 saturated heterocycles. The largest absolute Gasteiger partial charge is 0.329 e. The van der Waals surface area contributed by atoms with Crippen molar-refractivity contribution >= 4 is 11.8 Å². The minimum absolute atomic E-state index is 0.188. The van der Waals surface area contributed by atoms with Crippen LogP contribution in [0.25, 0.3) is 0 Å². The Labute approximate surface area is 119 Å². The molecular formula is C15H34N2S. The molecule has 2 nitrogen and oxygen atoms in total. The van der Waals surface area contributed by atoms with Gasteiger partial charge >= 0.3 is 0 Å². The molecule has 0 saturated carbocycles. The van der Waals surface area contributed by atoms with Gasteiger partial charge in [-0.2, -0.15) is 11.8 Å². The first-order valence-corrected chi connectivity index (χ1v) is 8.78. The summed E-state index contributed by atoms with van der Waals surface area (Å²) in [6.07, 6.45) is 7.04. The Kier molecular flexibility index (Phi) is 9.36. The monoisotopic (exact) mass is 274 g/mol. The molecule has 0 aromatic heterocycles. The Balaban J connectivity index is 4.73. The average molecular weight is 275 g/mol. The van der Waals surface area contributed by atoms with Gasteiger partial charge in [0.1, 0.15) is 0 Å². The molecule has 0 aromatic rings. The minimum atomic E-state index is 0.188. The number of hydrogen-bond acceptors (Lipinski definition) is 3. The fraction of sp³-hybridized carbons (Fsp3) is 1.00. The molecule has 2 N–H and O–H groups in total. The minimum Gasteiger partial charge on any atom is -0.329 e.